The minimum Gasteiger partial charge on any atom is -0.462 e. The molecule has 3 atom stereocenters. The molecule has 2 aromatic carbocycles. The maximum atomic E-state index is 13.4. The maximum Gasteiger partial charge on any atom is 0.333 e. The summed E-state index contributed by atoms with van der Waals surface area (Å²) >= 11 is 0. The van der Waals surface area contributed by atoms with Crippen LogP contribution in [0.3, 0.4) is 0 Å². The zero-order valence-corrected chi connectivity index (χ0v) is 19.2. The molecule has 0 spiro atoms. The topological polar surface area (TPSA) is 35.5 Å². The van der Waals surface area contributed by atoms with E-state index in [9.17, 15) is 9.18 Å². The number of carbonyl (C=O) groups excluding carboxylic acids is 1. The van der Waals surface area contributed by atoms with Crippen molar-refractivity contribution in [2.24, 2.45) is 11.8 Å². The van der Waals surface area contributed by atoms with Crippen LogP contribution in [0.25, 0.3) is 0 Å². The highest BCUT2D eigenvalue weighted by molar-refractivity contribution is 5.87. The van der Waals surface area contributed by atoms with Crippen LogP contribution in [0.2, 0.25) is 0 Å². The molecular formula is C27H33FO3. The molecule has 166 valence electrons. The molecule has 31 heavy (non-hydrogen) atoms. The van der Waals surface area contributed by atoms with Crippen LogP contribution in [0.5, 0.6) is 0 Å². The van der Waals surface area contributed by atoms with Gasteiger partial charge in [-0.3, -0.25) is 0 Å². The minimum absolute atomic E-state index is 0.00126. The Balaban J connectivity index is 1.78. The van der Waals surface area contributed by atoms with Crippen molar-refractivity contribution in [2.75, 3.05) is 13.2 Å². The van der Waals surface area contributed by atoms with Gasteiger partial charge in [0.05, 0.1) is 19.3 Å². The summed E-state index contributed by atoms with van der Waals surface area (Å²) < 4.78 is 25.2. The molecule has 3 rings (SSSR count). The molecular weight excluding hydrogens is 391 g/mol. The monoisotopic (exact) mass is 424 g/mol. The van der Waals surface area contributed by atoms with E-state index < -0.39 is 0 Å². The molecule has 0 N–H and O–H groups in total. The van der Waals surface area contributed by atoms with Gasteiger partial charge in [-0.05, 0) is 60.4 Å². The number of carbonyl (C=O) groups is 1. The Morgan fingerprint density at radius 1 is 1.13 bits per heavy atom. The van der Waals surface area contributed by atoms with Crippen molar-refractivity contribution in [3.8, 4) is 0 Å². The van der Waals surface area contributed by atoms with Gasteiger partial charge in [-0.15, -0.1) is 0 Å². The summed E-state index contributed by atoms with van der Waals surface area (Å²) in [7, 11) is 0. The van der Waals surface area contributed by atoms with Crippen molar-refractivity contribution in [1.29, 1.82) is 0 Å². The van der Waals surface area contributed by atoms with E-state index in [1.54, 1.807) is 25.1 Å². The fraction of sp³-hybridized carbons (Fsp3) is 0.444. The van der Waals surface area contributed by atoms with Gasteiger partial charge in [0.2, 0.25) is 0 Å². The fourth-order valence-electron chi connectivity index (χ4n) is 4.00. The normalized spacial score (nSPS) is 21.9. The van der Waals surface area contributed by atoms with Gasteiger partial charge in [0.15, 0.2) is 0 Å². The molecule has 0 radical (unpaired) electrons. The molecule has 1 aliphatic heterocycles. The first-order valence-electron chi connectivity index (χ1n) is 11.0. The molecule has 1 heterocycles. The van der Waals surface area contributed by atoms with Gasteiger partial charge in [0.25, 0.3) is 0 Å². The Hall–Kier alpha value is -2.46. The number of halogens is 1. The lowest BCUT2D eigenvalue weighted by Gasteiger charge is -2.24. The highest BCUT2D eigenvalue weighted by Gasteiger charge is 2.39. The summed E-state index contributed by atoms with van der Waals surface area (Å²) in [5.41, 5.74) is 4.16. The number of ether oxygens (including phenoxy) is 2. The van der Waals surface area contributed by atoms with Crippen LogP contribution in [-0.4, -0.2) is 19.2 Å². The largest absolute Gasteiger partial charge is 0.462 e. The van der Waals surface area contributed by atoms with Gasteiger partial charge in [-0.25, -0.2) is 9.18 Å². The highest BCUT2D eigenvalue weighted by Crippen LogP contribution is 2.40. The second-order valence-electron chi connectivity index (χ2n) is 9.45. The molecule has 0 saturated carbocycles. The van der Waals surface area contributed by atoms with Crippen molar-refractivity contribution < 1.29 is 18.7 Å². The first kappa shape index (κ1) is 23.2. The summed E-state index contributed by atoms with van der Waals surface area (Å²) in [6.45, 7) is 11.0. The lowest BCUT2D eigenvalue weighted by molar-refractivity contribution is -0.141. The number of hydrogen-bond acceptors (Lipinski definition) is 3. The van der Waals surface area contributed by atoms with E-state index in [-0.39, 0.29) is 41.7 Å². The SMILES string of the molecule is CC=C(C)C(=O)OC[C@H]1[C@@H](Cc2ccc(C(C)(C)C)cc2)CO[C@@H]1c1ccc(F)cc1. The van der Waals surface area contributed by atoms with Crippen molar-refractivity contribution in [3.05, 3.63) is 82.7 Å². The summed E-state index contributed by atoms with van der Waals surface area (Å²) in [5.74, 6) is -0.375. The van der Waals surface area contributed by atoms with Crippen molar-refractivity contribution >= 4 is 5.97 Å². The third-order valence-corrected chi connectivity index (χ3v) is 6.16. The quantitative estimate of drug-likeness (QED) is 0.410. The van der Waals surface area contributed by atoms with E-state index in [0.29, 0.717) is 12.2 Å². The van der Waals surface area contributed by atoms with E-state index in [0.717, 1.165) is 12.0 Å². The Morgan fingerprint density at radius 3 is 2.35 bits per heavy atom. The average Bonchev–Trinajstić information content (AvgIpc) is 3.14. The zero-order chi connectivity index (χ0) is 22.6. The molecule has 0 amide bonds. The van der Waals surface area contributed by atoms with Crippen molar-refractivity contribution in [2.45, 2.75) is 52.6 Å². The van der Waals surface area contributed by atoms with Crippen LogP contribution >= 0.6 is 0 Å². The number of hydrogen-bond donors (Lipinski definition) is 0. The molecule has 1 saturated heterocycles. The number of allylic oxidation sites excluding steroid dienone is 1. The Morgan fingerprint density at radius 2 is 1.77 bits per heavy atom. The maximum absolute atomic E-state index is 13.4. The summed E-state index contributed by atoms with van der Waals surface area (Å²) in [4.78, 5) is 12.2. The van der Waals surface area contributed by atoms with E-state index >= 15 is 0 Å². The summed E-state index contributed by atoms with van der Waals surface area (Å²) in [5, 5.41) is 0. The summed E-state index contributed by atoms with van der Waals surface area (Å²) in [6.07, 6.45) is 2.37. The van der Waals surface area contributed by atoms with Gasteiger partial charge in [0.1, 0.15) is 5.82 Å². The van der Waals surface area contributed by atoms with Gasteiger partial charge in [-0.1, -0.05) is 63.2 Å². The van der Waals surface area contributed by atoms with Crippen LogP contribution in [0.4, 0.5) is 4.39 Å². The van der Waals surface area contributed by atoms with Crippen LogP contribution in [0, 0.1) is 17.7 Å². The first-order valence-corrected chi connectivity index (χ1v) is 11.0. The second-order valence-corrected chi connectivity index (χ2v) is 9.45. The van der Waals surface area contributed by atoms with Crippen molar-refractivity contribution in [1.82, 2.24) is 0 Å². The Kier molecular flexibility index (Phi) is 7.32. The molecule has 4 heteroatoms. The second kappa shape index (κ2) is 9.78. The molecule has 1 aliphatic rings. The highest BCUT2D eigenvalue weighted by atomic mass is 19.1. The smallest absolute Gasteiger partial charge is 0.333 e. The van der Waals surface area contributed by atoms with E-state index in [2.05, 4.69) is 45.0 Å². The number of benzene rings is 2. The van der Waals surface area contributed by atoms with E-state index in [1.807, 2.05) is 6.92 Å². The first-order chi connectivity index (χ1) is 14.7. The number of rotatable bonds is 6. The zero-order valence-electron chi connectivity index (χ0n) is 19.2. The standard InChI is InChI=1S/C27H33FO3/c1-6-18(2)26(29)31-17-24-21(15-19-7-11-22(12-8-19)27(3,4)5)16-30-25(24)20-9-13-23(28)14-10-20/h6-14,21,24-25H,15-17H2,1-5H3/t21-,24-,25+/m0/s1. The minimum atomic E-state index is -0.305. The van der Waals surface area contributed by atoms with Crippen molar-refractivity contribution in [3.63, 3.8) is 0 Å². The molecule has 0 bridgehead atoms. The molecule has 0 aliphatic carbocycles. The van der Waals surface area contributed by atoms with E-state index in [1.165, 1.54) is 23.3 Å². The van der Waals surface area contributed by atoms with Gasteiger partial charge in [-0.2, -0.15) is 0 Å². The van der Waals surface area contributed by atoms with Crippen LogP contribution < -0.4 is 0 Å². The third kappa shape index (κ3) is 5.82. The lowest BCUT2D eigenvalue weighted by Crippen LogP contribution is -2.24. The molecule has 2 aromatic rings. The Bertz CT molecular complexity index is 907. The van der Waals surface area contributed by atoms with Crippen LogP contribution in [0.15, 0.2) is 60.2 Å². The predicted molar refractivity (Wildman–Crippen MR) is 121 cm³/mol. The third-order valence-electron chi connectivity index (χ3n) is 6.16. The summed E-state index contributed by atoms with van der Waals surface area (Å²) in [6, 6.07) is 15.1. The Labute approximate surface area is 185 Å². The number of esters is 1. The van der Waals surface area contributed by atoms with Crippen LogP contribution in [-0.2, 0) is 26.1 Å². The van der Waals surface area contributed by atoms with Crippen LogP contribution in [0.1, 0.15) is 57.4 Å². The lowest BCUT2D eigenvalue weighted by atomic mass is 9.82. The molecule has 0 unspecified atom stereocenters. The predicted octanol–water partition coefficient (Wildman–Crippen LogP) is 6.18. The van der Waals surface area contributed by atoms with Gasteiger partial charge in [0, 0.05) is 11.5 Å². The van der Waals surface area contributed by atoms with E-state index in [4.69, 9.17) is 9.47 Å². The molecule has 0 aromatic heterocycles. The van der Waals surface area contributed by atoms with Gasteiger partial charge < -0.3 is 9.47 Å². The average molecular weight is 425 g/mol. The molecule has 3 nitrogen and oxygen atoms in total. The molecule has 1 fully saturated rings. The fourth-order valence-corrected chi connectivity index (χ4v) is 4.00. The van der Waals surface area contributed by atoms with Gasteiger partial charge >= 0.3 is 5.97 Å².